The first kappa shape index (κ1) is 34.3. The van der Waals surface area contributed by atoms with E-state index in [1.54, 1.807) is 36.4 Å². The number of hydrogen-bond donors (Lipinski definition) is 7. The Bertz CT molecular complexity index is 1310. The third kappa shape index (κ3) is 9.13. The Hall–Kier alpha value is -4.23. The van der Waals surface area contributed by atoms with Crippen LogP contribution in [0.25, 0.3) is 0 Å². The highest BCUT2D eigenvalue weighted by Gasteiger charge is 2.56. The van der Waals surface area contributed by atoms with Crippen molar-refractivity contribution in [3.63, 3.8) is 0 Å². The van der Waals surface area contributed by atoms with Gasteiger partial charge < -0.3 is 55.1 Å². The zero-order valence-corrected chi connectivity index (χ0v) is 23.9. The maximum absolute atomic E-state index is 13.0. The SMILES string of the molecule is C#CCOc1ccc(CO[C@]2(C(=O)OC)C[C@H](O)[C@@H](NC(=O)CO)[C@H]([C@H](O)[C@H](O)CNC(=O)Cc3cccc(O)c3)O2)cc1. The molecule has 0 unspecified atom stereocenters. The van der Waals surface area contributed by atoms with Gasteiger partial charge in [-0.15, -0.1) is 6.42 Å². The molecule has 0 radical (unpaired) electrons. The number of carbonyl (C=O) groups excluding carboxylic acids is 3. The number of rotatable bonds is 14. The Labute approximate surface area is 253 Å². The number of ether oxygens (including phenoxy) is 4. The number of aliphatic hydroxyl groups excluding tert-OH is 4. The molecule has 14 heteroatoms. The number of methoxy groups -OCH3 is 1. The molecular weight excluding hydrogens is 580 g/mol. The first-order valence-corrected chi connectivity index (χ1v) is 13.6. The molecule has 6 atom stereocenters. The van der Waals surface area contributed by atoms with Crippen molar-refractivity contribution in [1.29, 1.82) is 0 Å². The number of carbonyl (C=O) groups is 3. The molecule has 1 aliphatic rings. The van der Waals surface area contributed by atoms with Gasteiger partial charge in [-0.25, -0.2) is 4.79 Å². The fraction of sp³-hybridized carbons (Fsp3) is 0.433. The normalized spacial score (nSPS) is 22.6. The summed E-state index contributed by atoms with van der Waals surface area (Å²) in [4.78, 5) is 37.4. The molecule has 2 amide bonds. The van der Waals surface area contributed by atoms with Gasteiger partial charge in [-0.2, -0.15) is 0 Å². The first-order valence-electron chi connectivity index (χ1n) is 13.6. The van der Waals surface area contributed by atoms with E-state index >= 15 is 0 Å². The fourth-order valence-corrected chi connectivity index (χ4v) is 4.57. The highest BCUT2D eigenvalue weighted by Crippen LogP contribution is 2.35. The minimum Gasteiger partial charge on any atom is -0.508 e. The molecular formula is C30H36N2O12. The summed E-state index contributed by atoms with van der Waals surface area (Å²) >= 11 is 0. The van der Waals surface area contributed by atoms with Crippen molar-refractivity contribution >= 4 is 17.8 Å². The molecule has 0 spiro atoms. The summed E-state index contributed by atoms with van der Waals surface area (Å²) in [6.07, 6.45) is -2.41. The molecule has 1 aliphatic heterocycles. The van der Waals surface area contributed by atoms with Crippen LogP contribution < -0.4 is 15.4 Å². The lowest BCUT2D eigenvalue weighted by Gasteiger charge is -2.47. The second kappa shape index (κ2) is 16.0. The van der Waals surface area contributed by atoms with Gasteiger partial charge >= 0.3 is 5.97 Å². The molecule has 1 heterocycles. The number of phenolic OH excluding ortho intramolecular Hbond substituents is 1. The Balaban J connectivity index is 1.78. The van der Waals surface area contributed by atoms with Crippen LogP contribution in [-0.2, 0) is 41.6 Å². The van der Waals surface area contributed by atoms with E-state index in [0.29, 0.717) is 16.9 Å². The van der Waals surface area contributed by atoms with Crippen LogP contribution in [0.3, 0.4) is 0 Å². The Morgan fingerprint density at radius 1 is 1.14 bits per heavy atom. The van der Waals surface area contributed by atoms with Gasteiger partial charge in [0.25, 0.3) is 5.79 Å². The highest BCUT2D eigenvalue weighted by atomic mass is 16.7. The molecule has 44 heavy (non-hydrogen) atoms. The first-order chi connectivity index (χ1) is 21.0. The minimum absolute atomic E-state index is 0.0304. The van der Waals surface area contributed by atoms with Crippen LogP contribution in [0.2, 0.25) is 0 Å². The van der Waals surface area contributed by atoms with Crippen molar-refractivity contribution in [1.82, 2.24) is 10.6 Å². The molecule has 3 rings (SSSR count). The zero-order chi connectivity index (χ0) is 32.3. The molecule has 1 saturated heterocycles. The van der Waals surface area contributed by atoms with E-state index in [-0.39, 0.29) is 25.4 Å². The number of aliphatic hydroxyl groups is 4. The smallest absolute Gasteiger partial charge is 0.366 e. The lowest BCUT2D eigenvalue weighted by molar-refractivity contribution is -0.315. The van der Waals surface area contributed by atoms with Crippen molar-refractivity contribution < 1.29 is 58.9 Å². The Kier molecular flexibility index (Phi) is 12.5. The number of aromatic hydroxyl groups is 1. The quantitative estimate of drug-likeness (QED) is 0.0954. The molecule has 2 aromatic carbocycles. The summed E-state index contributed by atoms with van der Waals surface area (Å²) in [5, 5.41) is 56.5. The number of nitrogens with one attached hydrogen (secondary N) is 2. The number of terminal acetylenes is 1. The van der Waals surface area contributed by atoms with E-state index in [0.717, 1.165) is 7.11 Å². The Morgan fingerprint density at radius 3 is 2.50 bits per heavy atom. The van der Waals surface area contributed by atoms with Gasteiger partial charge in [0, 0.05) is 13.0 Å². The third-order valence-corrected chi connectivity index (χ3v) is 6.77. The van der Waals surface area contributed by atoms with Crippen molar-refractivity contribution in [2.24, 2.45) is 0 Å². The number of phenols is 1. The van der Waals surface area contributed by atoms with Gasteiger partial charge in [0.05, 0.1) is 38.4 Å². The highest BCUT2D eigenvalue weighted by molar-refractivity contribution is 5.79. The molecule has 2 aromatic rings. The van der Waals surface area contributed by atoms with Crippen LogP contribution in [0.1, 0.15) is 17.5 Å². The molecule has 7 N–H and O–H groups in total. The van der Waals surface area contributed by atoms with Crippen LogP contribution in [0, 0.1) is 12.3 Å². The van der Waals surface area contributed by atoms with Gasteiger partial charge in [0.2, 0.25) is 11.8 Å². The van der Waals surface area contributed by atoms with Crippen molar-refractivity contribution in [3.05, 3.63) is 59.7 Å². The summed E-state index contributed by atoms with van der Waals surface area (Å²) in [6, 6.07) is 11.1. The molecule has 14 nitrogen and oxygen atoms in total. The number of esters is 1. The minimum atomic E-state index is -2.29. The fourth-order valence-electron chi connectivity index (χ4n) is 4.57. The maximum Gasteiger partial charge on any atom is 0.366 e. The van der Waals surface area contributed by atoms with E-state index in [2.05, 4.69) is 16.6 Å². The summed E-state index contributed by atoms with van der Waals surface area (Å²) in [7, 11) is 1.06. The largest absolute Gasteiger partial charge is 0.508 e. The molecule has 0 aromatic heterocycles. The lowest BCUT2D eigenvalue weighted by Crippen LogP contribution is -2.68. The average Bonchev–Trinajstić information content (AvgIpc) is 3.02. The van der Waals surface area contributed by atoms with E-state index in [1.807, 2.05) is 0 Å². The summed E-state index contributed by atoms with van der Waals surface area (Å²) in [5.41, 5.74) is 1.06. The van der Waals surface area contributed by atoms with E-state index < -0.39 is 73.6 Å². The van der Waals surface area contributed by atoms with Crippen LogP contribution in [0.5, 0.6) is 11.5 Å². The van der Waals surface area contributed by atoms with Crippen molar-refractivity contribution in [2.45, 2.75) is 55.7 Å². The molecule has 1 fully saturated rings. The van der Waals surface area contributed by atoms with Crippen molar-refractivity contribution in [3.8, 4) is 23.8 Å². The van der Waals surface area contributed by atoms with Gasteiger partial charge in [-0.3, -0.25) is 9.59 Å². The number of hydrogen-bond acceptors (Lipinski definition) is 12. The Morgan fingerprint density at radius 2 is 1.86 bits per heavy atom. The molecule has 0 saturated carbocycles. The van der Waals surface area contributed by atoms with Crippen LogP contribution in [0.15, 0.2) is 48.5 Å². The van der Waals surface area contributed by atoms with Crippen molar-refractivity contribution in [2.75, 3.05) is 26.9 Å². The van der Waals surface area contributed by atoms with E-state index in [4.69, 9.17) is 25.4 Å². The standard InChI is InChI=1S/C30H36N2O12/c1-3-11-42-21-9-7-18(8-10-21)17-43-30(29(40)41-2)14-22(35)26(32-25(38)16-33)28(44-30)27(39)23(36)15-31-24(37)13-19-5-4-6-20(34)12-19/h1,4-10,12,22-23,26-28,33-36,39H,11,13-17H2,2H3,(H,31,37)(H,32,38)/t22-,23+,26+,27+,28+,30+/m0/s1. The maximum atomic E-state index is 13.0. The molecule has 238 valence electrons. The van der Waals surface area contributed by atoms with Gasteiger partial charge in [-0.05, 0) is 35.4 Å². The van der Waals surface area contributed by atoms with Crippen LogP contribution in [-0.4, -0.2) is 106 Å². The molecule has 0 bridgehead atoms. The lowest BCUT2D eigenvalue weighted by atomic mass is 9.88. The molecule has 0 aliphatic carbocycles. The predicted octanol–water partition coefficient (Wildman–Crippen LogP) is -1.50. The van der Waals surface area contributed by atoms with Crippen LogP contribution in [0.4, 0.5) is 0 Å². The monoisotopic (exact) mass is 616 g/mol. The number of amides is 2. The van der Waals surface area contributed by atoms with Crippen LogP contribution >= 0.6 is 0 Å². The summed E-state index contributed by atoms with van der Waals surface area (Å²) < 4.78 is 21.9. The summed E-state index contributed by atoms with van der Waals surface area (Å²) in [5.74, 6) is -2.02. The number of benzene rings is 2. The van der Waals surface area contributed by atoms with E-state index in [1.165, 1.54) is 12.1 Å². The van der Waals surface area contributed by atoms with Gasteiger partial charge in [0.1, 0.15) is 36.9 Å². The van der Waals surface area contributed by atoms with Gasteiger partial charge in [-0.1, -0.05) is 30.2 Å². The summed E-state index contributed by atoms with van der Waals surface area (Å²) in [6.45, 7) is -1.62. The average molecular weight is 617 g/mol. The second-order valence-electron chi connectivity index (χ2n) is 9.98. The zero-order valence-electron chi connectivity index (χ0n) is 23.9. The topological polar surface area (TPSA) is 213 Å². The second-order valence-corrected chi connectivity index (χ2v) is 9.98. The predicted molar refractivity (Wildman–Crippen MR) is 152 cm³/mol. The van der Waals surface area contributed by atoms with Gasteiger partial charge in [0.15, 0.2) is 0 Å². The van der Waals surface area contributed by atoms with E-state index in [9.17, 15) is 39.9 Å². The third-order valence-electron chi connectivity index (χ3n) is 6.77.